The molecule has 0 aliphatic heterocycles. The van der Waals surface area contributed by atoms with E-state index in [9.17, 15) is 0 Å². The van der Waals surface area contributed by atoms with E-state index in [-0.39, 0.29) is 0 Å². The van der Waals surface area contributed by atoms with Crippen LogP contribution in [0.4, 0.5) is 5.69 Å². The van der Waals surface area contributed by atoms with Gasteiger partial charge in [0, 0.05) is 49.9 Å². The molecule has 4 heteroatoms. The van der Waals surface area contributed by atoms with Gasteiger partial charge >= 0.3 is 0 Å². The number of likely N-dealkylation sites (N-methyl/N-ethyl adjacent to an activating group) is 1. The van der Waals surface area contributed by atoms with Crippen molar-refractivity contribution >= 4 is 5.69 Å². The van der Waals surface area contributed by atoms with Crippen LogP contribution < -0.4 is 10.2 Å². The summed E-state index contributed by atoms with van der Waals surface area (Å²) in [5, 5.41) is 3.49. The van der Waals surface area contributed by atoms with Gasteiger partial charge < -0.3 is 15.0 Å². The molecule has 0 saturated carbocycles. The molecule has 0 fully saturated rings. The van der Waals surface area contributed by atoms with Crippen LogP contribution in [-0.2, 0) is 11.3 Å². The molecular weight excluding hydrogens is 250 g/mol. The Hall–Kier alpha value is -1.13. The minimum absolute atomic E-state index is 0.358. The monoisotopic (exact) mass is 279 g/mol. The molecule has 0 aromatic carbocycles. The second-order valence-corrected chi connectivity index (χ2v) is 5.62. The molecule has 1 rings (SSSR count). The summed E-state index contributed by atoms with van der Waals surface area (Å²) in [6, 6.07) is 2.46. The first-order valence-corrected chi connectivity index (χ1v) is 7.49. The number of nitrogens with zero attached hydrogens (tertiary/aromatic N) is 2. The topological polar surface area (TPSA) is 37.4 Å². The Bertz CT molecular complexity index is 382. The molecule has 4 nitrogen and oxygen atoms in total. The van der Waals surface area contributed by atoms with Crippen molar-refractivity contribution in [3.8, 4) is 0 Å². The SMILES string of the molecule is CCN(c1ccncc1CNCC(C)C)C(C)COC. The third kappa shape index (κ3) is 5.10. The van der Waals surface area contributed by atoms with E-state index in [1.165, 1.54) is 11.3 Å². The molecule has 0 saturated heterocycles. The number of pyridine rings is 1. The standard InChI is InChI=1S/C16H29N3O/c1-6-19(14(4)12-20-5)16-7-8-17-10-15(16)11-18-9-13(2)3/h7-8,10,13-14,18H,6,9,11-12H2,1-5H3. The smallest absolute Gasteiger partial charge is 0.0663 e. The molecular formula is C16H29N3O. The van der Waals surface area contributed by atoms with Gasteiger partial charge in [0.1, 0.15) is 0 Å². The average molecular weight is 279 g/mol. The maximum Gasteiger partial charge on any atom is 0.0663 e. The maximum absolute atomic E-state index is 5.29. The zero-order valence-electron chi connectivity index (χ0n) is 13.5. The second-order valence-electron chi connectivity index (χ2n) is 5.62. The quantitative estimate of drug-likeness (QED) is 0.754. The Morgan fingerprint density at radius 3 is 2.70 bits per heavy atom. The van der Waals surface area contributed by atoms with Crippen LogP contribution in [0, 0.1) is 5.92 Å². The Kier molecular flexibility index (Phi) is 7.55. The number of anilines is 1. The summed E-state index contributed by atoms with van der Waals surface area (Å²) in [6.07, 6.45) is 3.83. The number of aromatic nitrogens is 1. The molecule has 1 aromatic rings. The number of hydrogen-bond acceptors (Lipinski definition) is 4. The largest absolute Gasteiger partial charge is 0.383 e. The molecule has 1 unspecified atom stereocenters. The molecule has 114 valence electrons. The van der Waals surface area contributed by atoms with Crippen LogP contribution in [0.3, 0.4) is 0 Å². The van der Waals surface area contributed by atoms with Gasteiger partial charge in [-0.25, -0.2) is 0 Å². The van der Waals surface area contributed by atoms with Crippen molar-refractivity contribution in [2.24, 2.45) is 5.92 Å². The highest BCUT2D eigenvalue weighted by atomic mass is 16.5. The van der Waals surface area contributed by atoms with Crippen LogP contribution in [-0.4, -0.2) is 37.8 Å². The van der Waals surface area contributed by atoms with Crippen LogP contribution in [0.1, 0.15) is 33.3 Å². The van der Waals surface area contributed by atoms with Crippen LogP contribution in [0.5, 0.6) is 0 Å². The van der Waals surface area contributed by atoms with E-state index in [1.54, 1.807) is 7.11 Å². The van der Waals surface area contributed by atoms with Gasteiger partial charge in [-0.2, -0.15) is 0 Å². The van der Waals surface area contributed by atoms with Gasteiger partial charge in [-0.15, -0.1) is 0 Å². The number of rotatable bonds is 9. The van der Waals surface area contributed by atoms with E-state index in [4.69, 9.17) is 4.74 Å². The lowest BCUT2D eigenvalue weighted by Crippen LogP contribution is -2.37. The van der Waals surface area contributed by atoms with E-state index in [2.05, 4.69) is 49.0 Å². The van der Waals surface area contributed by atoms with Gasteiger partial charge in [0.25, 0.3) is 0 Å². The van der Waals surface area contributed by atoms with Crippen molar-refractivity contribution in [2.45, 2.75) is 40.3 Å². The molecule has 0 radical (unpaired) electrons. The Morgan fingerprint density at radius 1 is 1.35 bits per heavy atom. The van der Waals surface area contributed by atoms with Gasteiger partial charge in [-0.3, -0.25) is 4.98 Å². The first-order valence-electron chi connectivity index (χ1n) is 7.49. The van der Waals surface area contributed by atoms with Crippen molar-refractivity contribution in [1.82, 2.24) is 10.3 Å². The molecule has 1 aromatic heterocycles. The van der Waals surface area contributed by atoms with Gasteiger partial charge in [0.05, 0.1) is 6.61 Å². The van der Waals surface area contributed by atoms with E-state index in [0.717, 1.165) is 26.2 Å². The third-order valence-corrected chi connectivity index (χ3v) is 3.34. The molecule has 0 aliphatic carbocycles. The fourth-order valence-electron chi connectivity index (χ4n) is 2.38. The Labute approximate surface area is 123 Å². The van der Waals surface area contributed by atoms with Crippen molar-refractivity contribution in [2.75, 3.05) is 31.7 Å². The van der Waals surface area contributed by atoms with Crippen molar-refractivity contribution in [3.63, 3.8) is 0 Å². The van der Waals surface area contributed by atoms with Crippen LogP contribution in [0.25, 0.3) is 0 Å². The molecule has 0 amide bonds. The zero-order chi connectivity index (χ0) is 15.0. The fraction of sp³-hybridized carbons (Fsp3) is 0.688. The molecule has 20 heavy (non-hydrogen) atoms. The third-order valence-electron chi connectivity index (χ3n) is 3.34. The highest BCUT2D eigenvalue weighted by Crippen LogP contribution is 2.21. The lowest BCUT2D eigenvalue weighted by atomic mass is 10.1. The summed E-state index contributed by atoms with van der Waals surface area (Å²) in [5.41, 5.74) is 2.50. The van der Waals surface area contributed by atoms with Gasteiger partial charge in [-0.05, 0) is 32.4 Å². The first-order chi connectivity index (χ1) is 9.60. The highest BCUT2D eigenvalue weighted by molar-refractivity contribution is 5.53. The van der Waals surface area contributed by atoms with Crippen molar-refractivity contribution in [3.05, 3.63) is 24.0 Å². The summed E-state index contributed by atoms with van der Waals surface area (Å²) in [7, 11) is 1.75. The van der Waals surface area contributed by atoms with Crippen molar-refractivity contribution in [1.29, 1.82) is 0 Å². The van der Waals surface area contributed by atoms with E-state index < -0.39 is 0 Å². The van der Waals surface area contributed by atoms with Gasteiger partial charge in [-0.1, -0.05) is 13.8 Å². The molecule has 1 heterocycles. The minimum Gasteiger partial charge on any atom is -0.383 e. The van der Waals surface area contributed by atoms with E-state index in [1.807, 2.05) is 12.4 Å². The molecule has 0 aliphatic rings. The number of methoxy groups -OCH3 is 1. The summed E-state index contributed by atoms with van der Waals surface area (Å²) in [5.74, 6) is 0.657. The normalized spacial score (nSPS) is 12.7. The Balaban J connectivity index is 2.81. The van der Waals surface area contributed by atoms with E-state index in [0.29, 0.717) is 12.0 Å². The first kappa shape index (κ1) is 16.9. The maximum atomic E-state index is 5.29. The summed E-state index contributed by atoms with van der Waals surface area (Å²) in [6.45, 7) is 12.4. The average Bonchev–Trinajstić information content (AvgIpc) is 2.41. The van der Waals surface area contributed by atoms with E-state index >= 15 is 0 Å². The highest BCUT2D eigenvalue weighted by Gasteiger charge is 2.15. The summed E-state index contributed by atoms with van der Waals surface area (Å²) < 4.78 is 5.29. The minimum atomic E-state index is 0.358. The second kappa shape index (κ2) is 8.93. The summed E-state index contributed by atoms with van der Waals surface area (Å²) >= 11 is 0. The van der Waals surface area contributed by atoms with Crippen LogP contribution >= 0.6 is 0 Å². The van der Waals surface area contributed by atoms with Gasteiger partial charge in [0.2, 0.25) is 0 Å². The summed E-state index contributed by atoms with van der Waals surface area (Å²) in [4.78, 5) is 6.64. The van der Waals surface area contributed by atoms with Crippen molar-refractivity contribution < 1.29 is 4.74 Å². The lowest BCUT2D eigenvalue weighted by molar-refractivity contribution is 0.182. The number of nitrogens with one attached hydrogen (secondary N) is 1. The Morgan fingerprint density at radius 2 is 2.10 bits per heavy atom. The fourth-order valence-corrected chi connectivity index (χ4v) is 2.38. The zero-order valence-corrected chi connectivity index (χ0v) is 13.5. The van der Waals surface area contributed by atoms with Crippen LogP contribution in [0.2, 0.25) is 0 Å². The lowest BCUT2D eigenvalue weighted by Gasteiger charge is -2.31. The van der Waals surface area contributed by atoms with Gasteiger partial charge in [0.15, 0.2) is 0 Å². The number of ether oxygens (including phenoxy) is 1. The molecule has 0 spiro atoms. The molecule has 1 atom stereocenters. The molecule has 1 N–H and O–H groups in total. The molecule has 0 bridgehead atoms. The predicted octanol–water partition coefficient (Wildman–Crippen LogP) is 2.69. The predicted molar refractivity (Wildman–Crippen MR) is 85.1 cm³/mol. The van der Waals surface area contributed by atoms with Crippen LogP contribution in [0.15, 0.2) is 18.5 Å². The number of hydrogen-bond donors (Lipinski definition) is 1.